The Morgan fingerprint density at radius 3 is 2.65 bits per heavy atom. The van der Waals surface area contributed by atoms with Gasteiger partial charge in [0.05, 0.1) is 10.6 Å². The van der Waals surface area contributed by atoms with Crippen LogP contribution in [0.5, 0.6) is 11.5 Å². The molecule has 2 rings (SSSR count). The first-order chi connectivity index (χ1) is 9.51. The van der Waals surface area contributed by atoms with Crippen LogP contribution in [0.2, 0.25) is 5.02 Å². The largest absolute Gasteiger partial charge is 0.455 e. The SMILES string of the molecule is CNC(=O)c1ccc(N)cc1Oc1ccc(Br)cc1Cl. The second kappa shape index (κ2) is 6.15. The van der Waals surface area contributed by atoms with Gasteiger partial charge in [-0.3, -0.25) is 4.79 Å². The maximum absolute atomic E-state index is 11.8. The lowest BCUT2D eigenvalue weighted by molar-refractivity contribution is 0.0961. The van der Waals surface area contributed by atoms with Crippen LogP contribution in [0.3, 0.4) is 0 Å². The second-order valence-electron chi connectivity index (χ2n) is 4.01. The quantitative estimate of drug-likeness (QED) is 0.822. The highest BCUT2D eigenvalue weighted by molar-refractivity contribution is 9.10. The van der Waals surface area contributed by atoms with E-state index in [0.29, 0.717) is 27.8 Å². The van der Waals surface area contributed by atoms with Crippen LogP contribution < -0.4 is 15.8 Å². The average Bonchev–Trinajstić information content (AvgIpc) is 2.41. The first-order valence-corrected chi connectivity index (χ1v) is 6.93. The minimum Gasteiger partial charge on any atom is -0.455 e. The van der Waals surface area contributed by atoms with Gasteiger partial charge in [-0.15, -0.1) is 0 Å². The van der Waals surface area contributed by atoms with E-state index in [0.717, 1.165) is 4.47 Å². The lowest BCUT2D eigenvalue weighted by Crippen LogP contribution is -2.18. The predicted molar refractivity (Wildman–Crippen MR) is 83.5 cm³/mol. The normalized spacial score (nSPS) is 10.2. The van der Waals surface area contributed by atoms with Crippen LogP contribution in [0.4, 0.5) is 5.69 Å². The number of hydrogen-bond acceptors (Lipinski definition) is 3. The molecule has 6 heteroatoms. The first kappa shape index (κ1) is 14.7. The number of nitrogens with two attached hydrogens (primary N) is 1. The van der Waals surface area contributed by atoms with Crippen molar-refractivity contribution in [1.82, 2.24) is 5.32 Å². The minimum absolute atomic E-state index is 0.256. The molecule has 0 bridgehead atoms. The van der Waals surface area contributed by atoms with Gasteiger partial charge in [0, 0.05) is 23.3 Å². The average molecular weight is 356 g/mol. The smallest absolute Gasteiger partial charge is 0.254 e. The number of amides is 1. The maximum atomic E-state index is 11.8. The molecule has 0 aliphatic heterocycles. The molecule has 0 saturated heterocycles. The Morgan fingerprint density at radius 1 is 1.25 bits per heavy atom. The molecule has 0 fully saturated rings. The Hall–Kier alpha value is -1.72. The van der Waals surface area contributed by atoms with Gasteiger partial charge in [0.2, 0.25) is 0 Å². The van der Waals surface area contributed by atoms with Crippen molar-refractivity contribution in [3.8, 4) is 11.5 Å². The highest BCUT2D eigenvalue weighted by atomic mass is 79.9. The highest BCUT2D eigenvalue weighted by Gasteiger charge is 2.13. The van der Waals surface area contributed by atoms with E-state index in [1.165, 1.54) is 0 Å². The summed E-state index contributed by atoms with van der Waals surface area (Å²) in [5.74, 6) is 0.549. The molecule has 1 amide bonds. The van der Waals surface area contributed by atoms with Gasteiger partial charge in [0.15, 0.2) is 0 Å². The maximum Gasteiger partial charge on any atom is 0.254 e. The lowest BCUT2D eigenvalue weighted by atomic mass is 10.1. The number of carbonyl (C=O) groups excluding carboxylic acids is 1. The molecule has 4 nitrogen and oxygen atoms in total. The molecule has 0 aromatic heterocycles. The van der Waals surface area contributed by atoms with Crippen molar-refractivity contribution in [3.05, 3.63) is 51.5 Å². The lowest BCUT2D eigenvalue weighted by Gasteiger charge is -2.12. The van der Waals surface area contributed by atoms with E-state index in [9.17, 15) is 4.79 Å². The Morgan fingerprint density at radius 2 is 2.00 bits per heavy atom. The molecular weight excluding hydrogens is 344 g/mol. The third-order valence-corrected chi connectivity index (χ3v) is 3.38. The topological polar surface area (TPSA) is 64.4 Å². The number of anilines is 1. The van der Waals surface area contributed by atoms with Crippen molar-refractivity contribution in [2.75, 3.05) is 12.8 Å². The van der Waals surface area contributed by atoms with E-state index < -0.39 is 0 Å². The summed E-state index contributed by atoms with van der Waals surface area (Å²) >= 11 is 9.42. The van der Waals surface area contributed by atoms with Gasteiger partial charge in [-0.2, -0.15) is 0 Å². The number of benzene rings is 2. The molecule has 0 saturated carbocycles. The number of ether oxygens (including phenoxy) is 1. The monoisotopic (exact) mass is 354 g/mol. The van der Waals surface area contributed by atoms with Crippen LogP contribution in [0.1, 0.15) is 10.4 Å². The summed E-state index contributed by atoms with van der Waals surface area (Å²) in [4.78, 5) is 11.8. The first-order valence-electron chi connectivity index (χ1n) is 5.76. The predicted octanol–water partition coefficient (Wildman–Crippen LogP) is 3.84. The second-order valence-corrected chi connectivity index (χ2v) is 5.33. The molecule has 0 spiro atoms. The Labute approximate surface area is 130 Å². The van der Waals surface area contributed by atoms with Gasteiger partial charge in [0.25, 0.3) is 5.91 Å². The molecule has 3 N–H and O–H groups in total. The summed E-state index contributed by atoms with van der Waals surface area (Å²) in [6.45, 7) is 0. The zero-order valence-electron chi connectivity index (χ0n) is 10.6. The van der Waals surface area contributed by atoms with Crippen molar-refractivity contribution in [3.63, 3.8) is 0 Å². The van der Waals surface area contributed by atoms with Crippen LogP contribution in [-0.4, -0.2) is 13.0 Å². The molecule has 20 heavy (non-hydrogen) atoms. The van der Waals surface area contributed by atoms with E-state index in [1.54, 1.807) is 43.4 Å². The van der Waals surface area contributed by atoms with Crippen LogP contribution >= 0.6 is 27.5 Å². The fourth-order valence-corrected chi connectivity index (χ4v) is 2.33. The van der Waals surface area contributed by atoms with Crippen molar-refractivity contribution < 1.29 is 9.53 Å². The fourth-order valence-electron chi connectivity index (χ4n) is 1.62. The molecule has 0 aliphatic carbocycles. The highest BCUT2D eigenvalue weighted by Crippen LogP contribution is 2.34. The van der Waals surface area contributed by atoms with Crippen LogP contribution in [0.15, 0.2) is 40.9 Å². The van der Waals surface area contributed by atoms with E-state index >= 15 is 0 Å². The van der Waals surface area contributed by atoms with Crippen LogP contribution in [-0.2, 0) is 0 Å². The van der Waals surface area contributed by atoms with Crippen molar-refractivity contribution in [2.45, 2.75) is 0 Å². The van der Waals surface area contributed by atoms with Gasteiger partial charge >= 0.3 is 0 Å². The van der Waals surface area contributed by atoms with Gasteiger partial charge in [0.1, 0.15) is 11.5 Å². The third kappa shape index (κ3) is 3.23. The number of hydrogen-bond donors (Lipinski definition) is 2. The molecule has 0 radical (unpaired) electrons. The number of halogens is 2. The van der Waals surface area contributed by atoms with Crippen molar-refractivity contribution in [2.24, 2.45) is 0 Å². The number of carbonyl (C=O) groups is 1. The summed E-state index contributed by atoms with van der Waals surface area (Å²) in [5.41, 5.74) is 6.62. The van der Waals surface area contributed by atoms with Gasteiger partial charge in [-0.25, -0.2) is 0 Å². The standard InChI is InChI=1S/C14H12BrClN2O2/c1-18-14(19)10-4-3-9(17)7-13(10)20-12-5-2-8(15)6-11(12)16/h2-7H,17H2,1H3,(H,18,19). The number of nitrogen functional groups attached to an aromatic ring is 1. The Kier molecular flexibility index (Phi) is 4.52. The van der Waals surface area contributed by atoms with Crippen molar-refractivity contribution in [1.29, 1.82) is 0 Å². The number of rotatable bonds is 3. The zero-order valence-corrected chi connectivity index (χ0v) is 13.0. The zero-order chi connectivity index (χ0) is 14.7. The van der Waals surface area contributed by atoms with Gasteiger partial charge in [-0.1, -0.05) is 27.5 Å². The molecule has 0 atom stereocenters. The van der Waals surface area contributed by atoms with Crippen LogP contribution in [0, 0.1) is 0 Å². The minimum atomic E-state index is -0.256. The van der Waals surface area contributed by atoms with Gasteiger partial charge < -0.3 is 15.8 Å². The Bertz CT molecular complexity index is 662. The molecule has 104 valence electrons. The molecular formula is C14H12BrClN2O2. The fraction of sp³-hybridized carbons (Fsp3) is 0.0714. The van der Waals surface area contributed by atoms with Gasteiger partial charge in [-0.05, 0) is 30.3 Å². The Balaban J connectivity index is 2.41. The van der Waals surface area contributed by atoms with E-state index in [1.807, 2.05) is 0 Å². The van der Waals surface area contributed by atoms with Crippen molar-refractivity contribution >= 4 is 39.1 Å². The third-order valence-electron chi connectivity index (χ3n) is 2.59. The molecule has 2 aromatic rings. The summed E-state index contributed by atoms with van der Waals surface area (Å²) in [5, 5.41) is 2.99. The van der Waals surface area contributed by atoms with E-state index in [4.69, 9.17) is 22.1 Å². The van der Waals surface area contributed by atoms with E-state index in [-0.39, 0.29) is 5.91 Å². The summed E-state index contributed by atoms with van der Waals surface area (Å²) < 4.78 is 6.55. The summed E-state index contributed by atoms with van der Waals surface area (Å²) in [6.07, 6.45) is 0. The summed E-state index contributed by atoms with van der Waals surface area (Å²) in [6, 6.07) is 10.1. The molecule has 0 aliphatic rings. The molecule has 0 heterocycles. The molecule has 2 aromatic carbocycles. The van der Waals surface area contributed by atoms with Crippen LogP contribution in [0.25, 0.3) is 0 Å². The number of nitrogens with one attached hydrogen (secondary N) is 1. The van der Waals surface area contributed by atoms with E-state index in [2.05, 4.69) is 21.2 Å². The molecule has 0 unspecified atom stereocenters. The summed E-state index contributed by atoms with van der Waals surface area (Å²) in [7, 11) is 1.55.